The van der Waals surface area contributed by atoms with Crippen molar-refractivity contribution in [1.29, 1.82) is 0 Å². The van der Waals surface area contributed by atoms with Gasteiger partial charge in [0.15, 0.2) is 0 Å². The largest absolute Gasteiger partial charge is 0.371 e. The fourth-order valence-electron chi connectivity index (χ4n) is 4.35. The Hall–Kier alpha value is -3.14. The predicted molar refractivity (Wildman–Crippen MR) is 136 cm³/mol. The van der Waals surface area contributed by atoms with Gasteiger partial charge in [-0.25, -0.2) is 13.4 Å². The van der Waals surface area contributed by atoms with E-state index in [1.807, 2.05) is 6.92 Å². The van der Waals surface area contributed by atoms with Gasteiger partial charge in [-0.05, 0) is 63.6 Å². The molecule has 1 fully saturated rings. The lowest BCUT2D eigenvalue weighted by atomic mass is 9.93. The number of aryl methyl sites for hydroxylation is 1. The molecule has 1 atom stereocenters. The summed E-state index contributed by atoms with van der Waals surface area (Å²) < 4.78 is 26.9. The summed E-state index contributed by atoms with van der Waals surface area (Å²) in [6.45, 7) is 5.78. The molecule has 4 bridgehead atoms. The van der Waals surface area contributed by atoms with Gasteiger partial charge in [0, 0.05) is 31.4 Å². The topological polar surface area (TPSA) is 116 Å². The third-order valence-corrected chi connectivity index (χ3v) is 7.39. The van der Waals surface area contributed by atoms with E-state index >= 15 is 0 Å². The van der Waals surface area contributed by atoms with E-state index in [4.69, 9.17) is 0 Å². The van der Waals surface area contributed by atoms with Crippen molar-refractivity contribution >= 4 is 39.1 Å². The van der Waals surface area contributed by atoms with Crippen LogP contribution in [0.3, 0.4) is 0 Å². The molecule has 0 radical (unpaired) electrons. The molecule has 1 aromatic carbocycles. The number of nitrogens with zero attached hydrogens (tertiary/aromatic N) is 3. The highest BCUT2D eigenvalue weighted by Crippen LogP contribution is 2.31. The monoisotopic (exact) mass is 484 g/mol. The molecule has 2 aliphatic heterocycles. The summed E-state index contributed by atoms with van der Waals surface area (Å²) in [6, 6.07) is 6.80. The molecule has 1 amide bonds. The quantitative estimate of drug-likeness (QED) is 0.568. The molecule has 3 heterocycles. The van der Waals surface area contributed by atoms with Crippen LogP contribution < -0.4 is 20.3 Å². The summed E-state index contributed by atoms with van der Waals surface area (Å²) >= 11 is 0. The number of hydrogen-bond acceptors (Lipinski definition) is 7. The van der Waals surface area contributed by atoms with E-state index in [9.17, 15) is 13.2 Å². The number of amides is 1. The number of rotatable bonds is 3. The molecule has 9 nitrogen and oxygen atoms in total. The van der Waals surface area contributed by atoms with Crippen LogP contribution in [-0.2, 0) is 10.0 Å². The first kappa shape index (κ1) is 24.0. The van der Waals surface area contributed by atoms with Gasteiger partial charge in [-0.15, -0.1) is 0 Å². The molecule has 2 aliphatic rings. The molecule has 0 saturated carbocycles. The van der Waals surface area contributed by atoms with E-state index in [-0.39, 0.29) is 11.7 Å². The Morgan fingerprint density at radius 2 is 2.06 bits per heavy atom. The lowest BCUT2D eigenvalue weighted by Gasteiger charge is -2.35. The molecular weight excluding hydrogens is 452 g/mol. The van der Waals surface area contributed by atoms with Gasteiger partial charge in [0.1, 0.15) is 5.82 Å². The summed E-state index contributed by atoms with van der Waals surface area (Å²) in [6.07, 6.45) is 8.37. The second kappa shape index (κ2) is 10.4. The van der Waals surface area contributed by atoms with E-state index < -0.39 is 10.0 Å². The zero-order chi connectivity index (χ0) is 24.1. The van der Waals surface area contributed by atoms with Crippen LogP contribution in [-0.4, -0.2) is 49.7 Å². The Bertz CT molecular complexity index is 1180. The van der Waals surface area contributed by atoms with E-state index in [1.54, 1.807) is 31.2 Å². The minimum Gasteiger partial charge on any atom is -0.371 e. The second-order valence-corrected chi connectivity index (χ2v) is 10.8. The fourth-order valence-corrected chi connectivity index (χ4v) is 4.98. The number of fused-ring (bicyclic) bond motifs is 6. The van der Waals surface area contributed by atoms with Crippen molar-refractivity contribution < 1.29 is 13.2 Å². The molecule has 1 unspecified atom stereocenters. The summed E-state index contributed by atoms with van der Waals surface area (Å²) in [5.74, 6) is 1.04. The number of allylic oxidation sites excluding steroid dienone is 1. The van der Waals surface area contributed by atoms with Crippen LogP contribution in [0.2, 0.25) is 0 Å². The van der Waals surface area contributed by atoms with Gasteiger partial charge in [-0.3, -0.25) is 9.52 Å². The Morgan fingerprint density at radius 3 is 2.88 bits per heavy atom. The number of benzene rings is 1. The molecule has 1 aromatic heterocycles. The van der Waals surface area contributed by atoms with Crippen molar-refractivity contribution in [2.45, 2.75) is 39.5 Å². The van der Waals surface area contributed by atoms with Gasteiger partial charge >= 0.3 is 0 Å². The van der Waals surface area contributed by atoms with Crippen LogP contribution in [0.15, 0.2) is 36.4 Å². The van der Waals surface area contributed by atoms with Gasteiger partial charge in [-0.1, -0.05) is 12.2 Å². The van der Waals surface area contributed by atoms with E-state index in [2.05, 4.69) is 42.4 Å². The van der Waals surface area contributed by atoms with Crippen molar-refractivity contribution in [3.05, 3.63) is 47.7 Å². The van der Waals surface area contributed by atoms with Gasteiger partial charge in [0.25, 0.3) is 5.91 Å². The number of carbonyl (C=O) groups excluding carboxylic acids is 1. The Kier molecular flexibility index (Phi) is 7.35. The number of piperidine rings is 1. The number of carbonyl (C=O) groups is 1. The van der Waals surface area contributed by atoms with E-state index in [0.717, 1.165) is 50.2 Å². The molecular formula is C24H32N6O3S. The average Bonchev–Trinajstić information content (AvgIpc) is 2.80. The van der Waals surface area contributed by atoms with Crippen molar-refractivity contribution in [2.24, 2.45) is 5.92 Å². The Balaban J connectivity index is 1.74. The maximum atomic E-state index is 13.4. The number of hydrogen-bond donors (Lipinski definition) is 3. The van der Waals surface area contributed by atoms with Crippen LogP contribution >= 0.6 is 0 Å². The van der Waals surface area contributed by atoms with Gasteiger partial charge < -0.3 is 15.5 Å². The third-order valence-electron chi connectivity index (χ3n) is 6.08. The standard InChI is InChI=1S/C24H32N6O3S/c1-3-34(32,33)29-19-10-11-20-21(15-19)30-13-7-9-18(16-30)8-5-4-6-12-25-24-26-17(2)14-22(28-24)27-23(20)31/h4-5,10-11,14-15,18,29H,3,6-9,12-13,16H2,1-2H3,(H2,25,26,27,28,31)/b5-4-. The van der Waals surface area contributed by atoms with Crippen molar-refractivity contribution in [3.8, 4) is 0 Å². The lowest BCUT2D eigenvalue weighted by molar-refractivity contribution is 0.102. The first-order chi connectivity index (χ1) is 16.3. The number of anilines is 4. The smallest absolute Gasteiger partial charge is 0.258 e. The Labute approximate surface area is 201 Å². The summed E-state index contributed by atoms with van der Waals surface area (Å²) in [4.78, 5) is 24.4. The SMILES string of the molecule is CCS(=O)(=O)Nc1ccc2c(c1)N1CCCC(C/C=C\CCNc3nc(C)cc(n3)NC2=O)C1. The van der Waals surface area contributed by atoms with Gasteiger partial charge in [0.05, 0.1) is 22.7 Å². The van der Waals surface area contributed by atoms with Gasteiger partial charge in [-0.2, -0.15) is 4.98 Å². The average molecular weight is 485 g/mol. The third kappa shape index (κ3) is 6.05. The number of nitrogens with one attached hydrogen (secondary N) is 3. The van der Waals surface area contributed by atoms with Crippen molar-refractivity contribution in [1.82, 2.24) is 9.97 Å². The van der Waals surface area contributed by atoms with E-state index in [1.165, 1.54) is 0 Å². The highest BCUT2D eigenvalue weighted by molar-refractivity contribution is 7.92. The minimum atomic E-state index is -3.43. The van der Waals surface area contributed by atoms with Crippen LogP contribution in [0.25, 0.3) is 0 Å². The van der Waals surface area contributed by atoms with Gasteiger partial charge in [0.2, 0.25) is 16.0 Å². The molecule has 0 spiro atoms. The zero-order valence-electron chi connectivity index (χ0n) is 19.7. The first-order valence-corrected chi connectivity index (χ1v) is 13.4. The van der Waals surface area contributed by atoms with E-state index in [0.29, 0.717) is 35.5 Å². The summed E-state index contributed by atoms with van der Waals surface area (Å²) in [5.41, 5.74) is 2.40. The minimum absolute atomic E-state index is 0.0217. The van der Waals surface area contributed by atoms with Crippen LogP contribution in [0.1, 0.15) is 48.7 Å². The molecule has 182 valence electrons. The lowest BCUT2D eigenvalue weighted by Crippen LogP contribution is -2.36. The second-order valence-electron chi connectivity index (χ2n) is 8.79. The normalized spacial score (nSPS) is 20.0. The van der Waals surface area contributed by atoms with Crippen LogP contribution in [0, 0.1) is 12.8 Å². The maximum absolute atomic E-state index is 13.4. The highest BCUT2D eigenvalue weighted by Gasteiger charge is 2.24. The molecule has 34 heavy (non-hydrogen) atoms. The molecule has 4 rings (SSSR count). The highest BCUT2D eigenvalue weighted by atomic mass is 32.2. The molecule has 1 saturated heterocycles. The first-order valence-electron chi connectivity index (χ1n) is 11.8. The van der Waals surface area contributed by atoms with Crippen molar-refractivity contribution in [3.63, 3.8) is 0 Å². The molecule has 3 N–H and O–H groups in total. The number of aromatic nitrogens is 2. The summed E-state index contributed by atoms with van der Waals surface area (Å²) in [5, 5.41) is 6.13. The zero-order valence-corrected chi connectivity index (χ0v) is 20.5. The molecule has 0 aliphatic carbocycles. The maximum Gasteiger partial charge on any atom is 0.258 e. The van der Waals surface area contributed by atoms with Crippen molar-refractivity contribution in [2.75, 3.05) is 45.6 Å². The fraction of sp³-hybridized carbons (Fsp3) is 0.458. The molecule has 2 aromatic rings. The van der Waals surface area contributed by atoms with Crippen LogP contribution in [0.5, 0.6) is 0 Å². The predicted octanol–water partition coefficient (Wildman–Crippen LogP) is 3.78. The number of sulfonamides is 1. The Morgan fingerprint density at radius 1 is 1.21 bits per heavy atom. The molecule has 10 heteroatoms. The van der Waals surface area contributed by atoms with Crippen LogP contribution in [0.4, 0.5) is 23.1 Å². The summed E-state index contributed by atoms with van der Waals surface area (Å²) in [7, 11) is -3.43.